The summed E-state index contributed by atoms with van der Waals surface area (Å²) in [7, 11) is 0. The Labute approximate surface area is 114 Å². The van der Waals surface area contributed by atoms with Gasteiger partial charge in [-0.2, -0.15) is 11.8 Å². The molecule has 2 saturated heterocycles. The molecule has 17 heavy (non-hydrogen) atoms. The Morgan fingerprint density at radius 1 is 1.35 bits per heavy atom. The highest BCUT2D eigenvalue weighted by Crippen LogP contribution is 2.24. The maximum Gasteiger partial charge on any atom is 0.156 e. The van der Waals surface area contributed by atoms with Gasteiger partial charge in [0.25, 0.3) is 0 Å². The molecule has 0 saturated carbocycles. The van der Waals surface area contributed by atoms with Crippen molar-refractivity contribution in [3.63, 3.8) is 0 Å². The van der Waals surface area contributed by atoms with Gasteiger partial charge in [-0.3, -0.25) is 4.99 Å². The van der Waals surface area contributed by atoms with E-state index in [9.17, 15) is 0 Å². The van der Waals surface area contributed by atoms with Crippen LogP contribution in [-0.2, 0) is 0 Å². The summed E-state index contributed by atoms with van der Waals surface area (Å²) in [4.78, 5) is 4.76. The minimum absolute atomic E-state index is 0.653. The molecular weight excluding hydrogens is 248 g/mol. The fraction of sp³-hybridized carbons (Fsp3) is 0.923. The molecule has 0 aliphatic carbocycles. The number of amidine groups is 1. The lowest BCUT2D eigenvalue weighted by molar-refractivity contribution is 0.494. The third kappa shape index (κ3) is 4.74. The van der Waals surface area contributed by atoms with Gasteiger partial charge in [-0.05, 0) is 42.6 Å². The van der Waals surface area contributed by atoms with E-state index in [-0.39, 0.29) is 0 Å². The van der Waals surface area contributed by atoms with Gasteiger partial charge in [0.1, 0.15) is 0 Å². The van der Waals surface area contributed by atoms with Crippen LogP contribution in [0.5, 0.6) is 0 Å². The zero-order valence-corrected chi connectivity index (χ0v) is 12.6. The molecular formula is C13H24N2S2. The first-order valence-corrected chi connectivity index (χ1v) is 8.89. The highest BCUT2D eigenvalue weighted by Gasteiger charge is 2.21. The van der Waals surface area contributed by atoms with Crippen LogP contribution in [0, 0.1) is 11.8 Å². The van der Waals surface area contributed by atoms with Crippen molar-refractivity contribution in [3.8, 4) is 0 Å². The fourth-order valence-corrected chi connectivity index (χ4v) is 4.56. The predicted octanol–water partition coefficient (Wildman–Crippen LogP) is 3.24. The topological polar surface area (TPSA) is 24.4 Å². The second-order valence-electron chi connectivity index (χ2n) is 5.48. The van der Waals surface area contributed by atoms with Crippen LogP contribution in [0.3, 0.4) is 0 Å². The largest absolute Gasteiger partial charge is 0.361 e. The Kier molecular flexibility index (Phi) is 5.54. The normalized spacial score (nSPS) is 28.9. The number of hydrogen-bond donors (Lipinski definition) is 1. The molecule has 0 radical (unpaired) electrons. The van der Waals surface area contributed by atoms with Gasteiger partial charge < -0.3 is 5.32 Å². The number of rotatable bonds is 4. The van der Waals surface area contributed by atoms with E-state index >= 15 is 0 Å². The Bertz CT molecular complexity index is 260. The van der Waals surface area contributed by atoms with E-state index in [0.717, 1.165) is 18.4 Å². The molecule has 1 atom stereocenters. The average molecular weight is 272 g/mol. The van der Waals surface area contributed by atoms with Crippen LogP contribution < -0.4 is 5.32 Å². The van der Waals surface area contributed by atoms with Gasteiger partial charge in [0, 0.05) is 18.3 Å². The number of nitrogens with one attached hydrogen (secondary N) is 1. The van der Waals surface area contributed by atoms with Crippen LogP contribution in [-0.4, -0.2) is 35.0 Å². The standard InChI is InChI=1S/C13H24N2S2/c1-10(2)7-12-9-17-13(15-12)14-8-11-3-5-16-6-4-11/h10-12H,3-9H2,1-2H3,(H,14,15). The van der Waals surface area contributed by atoms with Crippen molar-refractivity contribution in [3.05, 3.63) is 0 Å². The van der Waals surface area contributed by atoms with Crippen molar-refractivity contribution < 1.29 is 0 Å². The predicted molar refractivity (Wildman–Crippen MR) is 81.2 cm³/mol. The third-order valence-electron chi connectivity index (χ3n) is 3.34. The fourth-order valence-electron chi connectivity index (χ4n) is 2.37. The van der Waals surface area contributed by atoms with Gasteiger partial charge in [0.2, 0.25) is 0 Å². The molecule has 98 valence electrons. The highest BCUT2D eigenvalue weighted by atomic mass is 32.2. The maximum atomic E-state index is 4.76. The molecule has 2 nitrogen and oxygen atoms in total. The smallest absolute Gasteiger partial charge is 0.156 e. The molecule has 0 aromatic heterocycles. The van der Waals surface area contributed by atoms with Gasteiger partial charge in [-0.25, -0.2) is 0 Å². The molecule has 0 bridgehead atoms. The molecule has 0 aromatic carbocycles. The molecule has 1 unspecified atom stereocenters. The van der Waals surface area contributed by atoms with E-state index in [0.29, 0.717) is 6.04 Å². The molecule has 0 spiro atoms. The third-order valence-corrected chi connectivity index (χ3v) is 5.48. The van der Waals surface area contributed by atoms with E-state index < -0.39 is 0 Å². The van der Waals surface area contributed by atoms with Crippen molar-refractivity contribution >= 4 is 28.7 Å². The zero-order chi connectivity index (χ0) is 12.1. The second kappa shape index (κ2) is 6.93. The Hall–Kier alpha value is 0.170. The average Bonchev–Trinajstić information content (AvgIpc) is 2.75. The number of thioether (sulfide) groups is 2. The molecule has 0 amide bonds. The lowest BCUT2D eigenvalue weighted by Crippen LogP contribution is -2.28. The molecule has 4 heteroatoms. The van der Waals surface area contributed by atoms with Gasteiger partial charge in [0.15, 0.2) is 5.17 Å². The monoisotopic (exact) mass is 272 g/mol. The van der Waals surface area contributed by atoms with Crippen molar-refractivity contribution in [2.75, 3.05) is 23.8 Å². The summed E-state index contributed by atoms with van der Waals surface area (Å²) < 4.78 is 0. The molecule has 2 aliphatic heterocycles. The van der Waals surface area contributed by atoms with Crippen LogP contribution in [0.25, 0.3) is 0 Å². The summed E-state index contributed by atoms with van der Waals surface area (Å²) >= 11 is 4.01. The lowest BCUT2D eigenvalue weighted by Gasteiger charge is -2.19. The maximum absolute atomic E-state index is 4.76. The van der Waals surface area contributed by atoms with Crippen molar-refractivity contribution in [2.45, 2.75) is 39.2 Å². The molecule has 2 rings (SSSR count). The van der Waals surface area contributed by atoms with E-state index in [1.165, 1.54) is 41.7 Å². The summed E-state index contributed by atoms with van der Waals surface area (Å²) in [5.41, 5.74) is 0. The van der Waals surface area contributed by atoms with Gasteiger partial charge >= 0.3 is 0 Å². The van der Waals surface area contributed by atoms with E-state index in [4.69, 9.17) is 4.99 Å². The molecule has 2 fully saturated rings. The first-order valence-electron chi connectivity index (χ1n) is 6.75. The highest BCUT2D eigenvalue weighted by molar-refractivity contribution is 8.14. The van der Waals surface area contributed by atoms with E-state index in [1.54, 1.807) is 0 Å². The van der Waals surface area contributed by atoms with Gasteiger partial charge in [-0.1, -0.05) is 25.6 Å². The second-order valence-corrected chi connectivity index (χ2v) is 7.72. The zero-order valence-electron chi connectivity index (χ0n) is 10.9. The Balaban J connectivity index is 1.71. The van der Waals surface area contributed by atoms with Crippen LogP contribution in [0.1, 0.15) is 33.1 Å². The molecule has 1 N–H and O–H groups in total. The van der Waals surface area contributed by atoms with Crippen molar-refractivity contribution in [2.24, 2.45) is 16.8 Å². The first-order chi connectivity index (χ1) is 8.24. The molecule has 2 aliphatic rings. The number of aliphatic imine (C=N–C) groups is 1. The van der Waals surface area contributed by atoms with E-state index in [1.807, 2.05) is 11.8 Å². The first kappa shape index (κ1) is 13.6. The minimum atomic E-state index is 0.653. The lowest BCUT2D eigenvalue weighted by atomic mass is 10.0. The summed E-state index contributed by atoms with van der Waals surface area (Å²) in [6.07, 6.45) is 4.00. The molecule has 0 aromatic rings. The van der Waals surface area contributed by atoms with Crippen LogP contribution in [0.4, 0.5) is 0 Å². The van der Waals surface area contributed by atoms with Gasteiger partial charge in [-0.15, -0.1) is 0 Å². The Morgan fingerprint density at radius 3 is 2.82 bits per heavy atom. The number of nitrogens with zero attached hydrogens (tertiary/aromatic N) is 1. The number of hydrogen-bond acceptors (Lipinski definition) is 3. The quantitative estimate of drug-likeness (QED) is 0.850. The van der Waals surface area contributed by atoms with Gasteiger partial charge in [0.05, 0.1) is 0 Å². The van der Waals surface area contributed by atoms with Crippen LogP contribution >= 0.6 is 23.5 Å². The summed E-state index contributed by atoms with van der Waals surface area (Å²) in [6.45, 7) is 5.63. The summed E-state index contributed by atoms with van der Waals surface area (Å²) in [5, 5.41) is 4.77. The van der Waals surface area contributed by atoms with Crippen LogP contribution in [0.2, 0.25) is 0 Å². The SMILES string of the molecule is CC(C)CC1CSC(=NCC2CCSCC2)N1. The van der Waals surface area contributed by atoms with Crippen LogP contribution in [0.15, 0.2) is 4.99 Å². The molecule has 2 heterocycles. The Morgan fingerprint density at radius 2 is 2.12 bits per heavy atom. The summed E-state index contributed by atoms with van der Waals surface area (Å²) in [6, 6.07) is 0.653. The summed E-state index contributed by atoms with van der Waals surface area (Å²) in [5.74, 6) is 5.51. The van der Waals surface area contributed by atoms with E-state index in [2.05, 4.69) is 30.9 Å². The van der Waals surface area contributed by atoms with Crippen molar-refractivity contribution in [1.29, 1.82) is 0 Å². The van der Waals surface area contributed by atoms with Crippen molar-refractivity contribution in [1.82, 2.24) is 5.32 Å². The minimum Gasteiger partial charge on any atom is -0.361 e.